The standard InChI is InChI=1S/C14H15BrN4O/c1-19-11(7-16)13(15)14(18-19)9-2-4-10-8(6-9)3-5-12(20)17-10/h2,4,6H,3,5,7,16H2,1H3,(H,17,20). The van der Waals surface area contributed by atoms with E-state index in [4.69, 9.17) is 5.73 Å². The number of aromatic nitrogens is 2. The molecule has 3 N–H and O–H groups in total. The maximum Gasteiger partial charge on any atom is 0.224 e. The number of amides is 1. The molecule has 0 fully saturated rings. The third-order valence-electron chi connectivity index (χ3n) is 3.57. The van der Waals surface area contributed by atoms with Crippen molar-refractivity contribution in [1.82, 2.24) is 9.78 Å². The zero-order valence-corrected chi connectivity index (χ0v) is 12.7. The van der Waals surface area contributed by atoms with E-state index in [0.29, 0.717) is 13.0 Å². The highest BCUT2D eigenvalue weighted by molar-refractivity contribution is 9.10. The first-order chi connectivity index (χ1) is 9.60. The summed E-state index contributed by atoms with van der Waals surface area (Å²) in [6.45, 7) is 0.436. The summed E-state index contributed by atoms with van der Waals surface area (Å²) in [6, 6.07) is 5.99. The van der Waals surface area contributed by atoms with Crippen LogP contribution in [0.25, 0.3) is 11.3 Å². The summed E-state index contributed by atoms with van der Waals surface area (Å²) < 4.78 is 2.72. The van der Waals surface area contributed by atoms with Crippen molar-refractivity contribution < 1.29 is 4.79 Å². The minimum atomic E-state index is 0.0784. The molecule has 0 atom stereocenters. The Morgan fingerprint density at radius 2 is 2.25 bits per heavy atom. The van der Waals surface area contributed by atoms with Gasteiger partial charge in [0.05, 0.1) is 10.2 Å². The van der Waals surface area contributed by atoms with E-state index in [9.17, 15) is 4.79 Å². The van der Waals surface area contributed by atoms with Crippen molar-refractivity contribution in [3.8, 4) is 11.3 Å². The van der Waals surface area contributed by atoms with Crippen LogP contribution in [-0.2, 0) is 24.8 Å². The number of hydrogen-bond donors (Lipinski definition) is 2. The van der Waals surface area contributed by atoms with Crippen molar-refractivity contribution in [3.05, 3.63) is 33.9 Å². The maximum absolute atomic E-state index is 11.4. The van der Waals surface area contributed by atoms with Crippen LogP contribution in [0.2, 0.25) is 0 Å². The smallest absolute Gasteiger partial charge is 0.224 e. The van der Waals surface area contributed by atoms with Crippen molar-refractivity contribution in [1.29, 1.82) is 0 Å². The minimum Gasteiger partial charge on any atom is -0.326 e. The molecule has 2 aromatic rings. The van der Waals surface area contributed by atoms with E-state index in [0.717, 1.165) is 39.1 Å². The lowest BCUT2D eigenvalue weighted by atomic mass is 9.99. The van der Waals surface area contributed by atoms with Gasteiger partial charge in [0.15, 0.2) is 0 Å². The molecule has 104 valence electrons. The lowest BCUT2D eigenvalue weighted by Gasteiger charge is -2.17. The van der Waals surface area contributed by atoms with Gasteiger partial charge in [-0.15, -0.1) is 0 Å². The molecule has 6 heteroatoms. The van der Waals surface area contributed by atoms with Crippen LogP contribution in [0.1, 0.15) is 17.7 Å². The number of anilines is 1. The zero-order valence-electron chi connectivity index (χ0n) is 11.1. The molecule has 20 heavy (non-hydrogen) atoms. The van der Waals surface area contributed by atoms with Gasteiger partial charge in [-0.25, -0.2) is 0 Å². The molecule has 3 rings (SSSR count). The Bertz CT molecular complexity index is 693. The maximum atomic E-state index is 11.4. The molecule has 0 radical (unpaired) electrons. The molecule has 5 nitrogen and oxygen atoms in total. The third kappa shape index (κ3) is 2.14. The Hall–Kier alpha value is -1.66. The fourth-order valence-electron chi connectivity index (χ4n) is 2.47. The number of halogens is 1. The van der Waals surface area contributed by atoms with Gasteiger partial charge in [-0.3, -0.25) is 9.48 Å². The fourth-order valence-corrected chi connectivity index (χ4v) is 3.20. The van der Waals surface area contributed by atoms with Gasteiger partial charge < -0.3 is 11.1 Å². The van der Waals surface area contributed by atoms with Gasteiger partial charge in [-0.2, -0.15) is 5.10 Å². The Kier molecular flexibility index (Phi) is 3.35. The molecule has 1 amide bonds. The number of fused-ring (bicyclic) bond motifs is 1. The number of aryl methyl sites for hydroxylation is 2. The number of hydrogen-bond acceptors (Lipinski definition) is 3. The summed E-state index contributed by atoms with van der Waals surface area (Å²) in [6.07, 6.45) is 1.30. The number of carbonyl (C=O) groups excluding carboxylic acids is 1. The molecule has 0 unspecified atom stereocenters. The lowest BCUT2D eigenvalue weighted by molar-refractivity contribution is -0.116. The van der Waals surface area contributed by atoms with E-state index in [1.54, 1.807) is 4.68 Å². The summed E-state index contributed by atoms with van der Waals surface area (Å²) in [7, 11) is 1.88. The zero-order chi connectivity index (χ0) is 14.3. The molecule has 1 aliphatic heterocycles. The first-order valence-corrected chi connectivity index (χ1v) is 7.24. The molecule has 1 aromatic heterocycles. The Labute approximate surface area is 125 Å². The summed E-state index contributed by atoms with van der Waals surface area (Å²) in [5.41, 5.74) is 10.7. The fraction of sp³-hybridized carbons (Fsp3) is 0.286. The van der Waals surface area contributed by atoms with Gasteiger partial charge >= 0.3 is 0 Å². The number of rotatable bonds is 2. The second kappa shape index (κ2) is 5.03. The predicted molar refractivity (Wildman–Crippen MR) is 81.2 cm³/mol. The average molecular weight is 335 g/mol. The van der Waals surface area contributed by atoms with Crippen LogP contribution in [0, 0.1) is 0 Å². The van der Waals surface area contributed by atoms with Crippen molar-refractivity contribution in [2.75, 3.05) is 5.32 Å². The van der Waals surface area contributed by atoms with E-state index in [1.165, 1.54) is 0 Å². The van der Waals surface area contributed by atoms with Crippen molar-refractivity contribution >= 4 is 27.5 Å². The lowest BCUT2D eigenvalue weighted by Crippen LogP contribution is -2.18. The van der Waals surface area contributed by atoms with Crippen LogP contribution < -0.4 is 11.1 Å². The van der Waals surface area contributed by atoms with Crippen LogP contribution in [0.3, 0.4) is 0 Å². The van der Waals surface area contributed by atoms with E-state index < -0.39 is 0 Å². The van der Waals surface area contributed by atoms with Gasteiger partial charge in [-0.1, -0.05) is 6.07 Å². The van der Waals surface area contributed by atoms with Gasteiger partial charge in [0.1, 0.15) is 5.69 Å². The Morgan fingerprint density at radius 3 is 2.95 bits per heavy atom. The summed E-state index contributed by atoms with van der Waals surface area (Å²) >= 11 is 3.57. The highest BCUT2D eigenvalue weighted by Gasteiger charge is 2.18. The number of benzene rings is 1. The Morgan fingerprint density at radius 1 is 1.45 bits per heavy atom. The first kappa shape index (κ1) is 13.3. The highest BCUT2D eigenvalue weighted by atomic mass is 79.9. The molecule has 1 aromatic carbocycles. The predicted octanol–water partition coefficient (Wildman–Crippen LogP) is 2.19. The molecule has 2 heterocycles. The van der Waals surface area contributed by atoms with Crippen molar-refractivity contribution in [3.63, 3.8) is 0 Å². The van der Waals surface area contributed by atoms with Gasteiger partial charge in [-0.05, 0) is 40.0 Å². The van der Waals surface area contributed by atoms with Crippen LogP contribution >= 0.6 is 15.9 Å². The Balaban J connectivity index is 2.05. The van der Waals surface area contributed by atoms with Gasteiger partial charge in [0.25, 0.3) is 0 Å². The first-order valence-electron chi connectivity index (χ1n) is 6.44. The van der Waals surface area contributed by atoms with Crippen LogP contribution in [0.4, 0.5) is 5.69 Å². The monoisotopic (exact) mass is 334 g/mol. The minimum absolute atomic E-state index is 0.0784. The second-order valence-electron chi connectivity index (χ2n) is 4.86. The topological polar surface area (TPSA) is 72.9 Å². The van der Waals surface area contributed by atoms with E-state index in [-0.39, 0.29) is 5.91 Å². The molecule has 0 spiro atoms. The molecular weight excluding hydrogens is 320 g/mol. The summed E-state index contributed by atoms with van der Waals surface area (Å²) in [4.78, 5) is 11.4. The molecule has 0 bridgehead atoms. The number of carbonyl (C=O) groups is 1. The SMILES string of the molecule is Cn1nc(-c2ccc3c(c2)CCC(=O)N3)c(Br)c1CN. The number of nitrogens with zero attached hydrogens (tertiary/aromatic N) is 2. The van der Waals surface area contributed by atoms with E-state index in [1.807, 2.05) is 19.2 Å². The van der Waals surface area contributed by atoms with E-state index in [2.05, 4.69) is 32.4 Å². The summed E-state index contributed by atoms with van der Waals surface area (Å²) in [5, 5.41) is 7.40. The third-order valence-corrected chi connectivity index (χ3v) is 4.40. The number of nitrogens with two attached hydrogens (primary N) is 1. The molecule has 0 aliphatic carbocycles. The van der Waals surface area contributed by atoms with Crippen LogP contribution in [0.15, 0.2) is 22.7 Å². The summed E-state index contributed by atoms with van der Waals surface area (Å²) in [5.74, 6) is 0.0784. The average Bonchev–Trinajstić information content (AvgIpc) is 2.73. The normalized spacial score (nSPS) is 14.1. The largest absolute Gasteiger partial charge is 0.326 e. The number of nitrogens with one attached hydrogen (secondary N) is 1. The molecule has 0 saturated heterocycles. The quantitative estimate of drug-likeness (QED) is 0.884. The molecular formula is C14H15BrN4O. The van der Waals surface area contributed by atoms with Crippen molar-refractivity contribution in [2.24, 2.45) is 12.8 Å². The molecule has 1 aliphatic rings. The van der Waals surface area contributed by atoms with Gasteiger partial charge in [0, 0.05) is 31.3 Å². The van der Waals surface area contributed by atoms with Crippen LogP contribution in [0.5, 0.6) is 0 Å². The van der Waals surface area contributed by atoms with Crippen LogP contribution in [-0.4, -0.2) is 15.7 Å². The molecule has 0 saturated carbocycles. The van der Waals surface area contributed by atoms with E-state index >= 15 is 0 Å². The second-order valence-corrected chi connectivity index (χ2v) is 5.65. The van der Waals surface area contributed by atoms with Gasteiger partial charge in [0.2, 0.25) is 5.91 Å². The highest BCUT2D eigenvalue weighted by Crippen LogP contribution is 2.33. The van der Waals surface area contributed by atoms with Crippen molar-refractivity contribution in [2.45, 2.75) is 19.4 Å².